The third-order valence-electron chi connectivity index (χ3n) is 4.29. The van der Waals surface area contributed by atoms with Crippen molar-refractivity contribution in [3.63, 3.8) is 0 Å². The predicted octanol–water partition coefficient (Wildman–Crippen LogP) is 4.37. The number of carboxylic acid groups (broad SMARTS) is 1. The van der Waals surface area contributed by atoms with Gasteiger partial charge in [-0.2, -0.15) is 0 Å². The Morgan fingerprint density at radius 2 is 1.95 bits per heavy atom. The third-order valence-corrected chi connectivity index (χ3v) is 4.50. The summed E-state index contributed by atoms with van der Waals surface area (Å²) in [6, 6.07) is 3.59. The highest BCUT2D eigenvalue weighted by molar-refractivity contribution is 6.30. The molecule has 0 spiro atoms. The summed E-state index contributed by atoms with van der Waals surface area (Å²) in [7, 11) is 1.60. The van der Waals surface area contributed by atoms with Crippen LogP contribution in [0.2, 0.25) is 5.02 Å². The van der Waals surface area contributed by atoms with Crippen molar-refractivity contribution in [1.29, 1.82) is 0 Å². The first-order valence-electron chi connectivity index (χ1n) is 7.03. The first-order chi connectivity index (χ1) is 9.42. The topological polar surface area (TPSA) is 46.5 Å². The van der Waals surface area contributed by atoms with Gasteiger partial charge in [0, 0.05) is 10.6 Å². The molecule has 0 unspecified atom stereocenters. The summed E-state index contributed by atoms with van der Waals surface area (Å²) in [6.45, 7) is 4.11. The Kier molecular flexibility index (Phi) is 4.28. The Morgan fingerprint density at radius 3 is 2.40 bits per heavy atom. The minimum atomic E-state index is -0.808. The number of carbonyl (C=O) groups is 1. The Balaban J connectivity index is 2.71. The Hall–Kier alpha value is -1.22. The second-order valence-corrected chi connectivity index (χ2v) is 6.25. The minimum Gasteiger partial charge on any atom is -0.496 e. The maximum Gasteiger partial charge on any atom is 0.314 e. The van der Waals surface area contributed by atoms with E-state index in [2.05, 4.69) is 13.8 Å². The second kappa shape index (κ2) is 5.65. The molecule has 2 rings (SSSR count). The first-order valence-corrected chi connectivity index (χ1v) is 7.41. The summed E-state index contributed by atoms with van der Waals surface area (Å²) in [5.74, 6) is 0.130. The van der Waals surface area contributed by atoms with Crippen LogP contribution in [-0.4, -0.2) is 18.2 Å². The standard InChI is InChI=1S/C16H21ClO3/c1-10(2)14-12(8-11(17)9-13(14)20-3)16(15(18)19)6-4-5-7-16/h8-10H,4-7H2,1-3H3,(H,18,19). The van der Waals surface area contributed by atoms with Gasteiger partial charge >= 0.3 is 5.97 Å². The average molecular weight is 297 g/mol. The van der Waals surface area contributed by atoms with Crippen LogP contribution >= 0.6 is 11.6 Å². The van der Waals surface area contributed by atoms with Crippen molar-refractivity contribution in [2.24, 2.45) is 0 Å². The molecule has 3 nitrogen and oxygen atoms in total. The molecule has 0 aliphatic heterocycles. The van der Waals surface area contributed by atoms with E-state index in [4.69, 9.17) is 16.3 Å². The Morgan fingerprint density at radius 1 is 1.35 bits per heavy atom. The number of methoxy groups -OCH3 is 1. The lowest BCUT2D eigenvalue weighted by atomic mass is 9.74. The van der Waals surface area contributed by atoms with E-state index in [1.165, 1.54) is 0 Å². The van der Waals surface area contributed by atoms with Gasteiger partial charge in [0.1, 0.15) is 5.75 Å². The molecule has 4 heteroatoms. The molecule has 0 atom stereocenters. The Labute approximate surface area is 124 Å². The van der Waals surface area contributed by atoms with E-state index in [-0.39, 0.29) is 5.92 Å². The van der Waals surface area contributed by atoms with Crippen LogP contribution in [0.25, 0.3) is 0 Å². The SMILES string of the molecule is COc1cc(Cl)cc(C2(C(=O)O)CCCC2)c1C(C)C. The van der Waals surface area contributed by atoms with Crippen molar-refractivity contribution in [3.05, 3.63) is 28.3 Å². The van der Waals surface area contributed by atoms with Crippen LogP contribution in [-0.2, 0) is 10.2 Å². The van der Waals surface area contributed by atoms with Crippen molar-refractivity contribution in [1.82, 2.24) is 0 Å². The van der Waals surface area contributed by atoms with Crippen LogP contribution in [0.4, 0.5) is 0 Å². The molecule has 0 bridgehead atoms. The van der Waals surface area contributed by atoms with Gasteiger partial charge in [-0.1, -0.05) is 38.3 Å². The number of hydrogen-bond acceptors (Lipinski definition) is 2. The number of benzene rings is 1. The van der Waals surface area contributed by atoms with Crippen LogP contribution in [0.3, 0.4) is 0 Å². The predicted molar refractivity (Wildman–Crippen MR) is 79.9 cm³/mol. The minimum absolute atomic E-state index is 0.189. The van der Waals surface area contributed by atoms with Gasteiger partial charge in [-0.05, 0) is 36.5 Å². The molecule has 0 radical (unpaired) electrons. The van der Waals surface area contributed by atoms with Crippen LogP contribution in [0.15, 0.2) is 12.1 Å². The van der Waals surface area contributed by atoms with Gasteiger partial charge in [-0.3, -0.25) is 4.79 Å². The summed E-state index contributed by atoms with van der Waals surface area (Å²) in [5.41, 5.74) is 1.00. The van der Waals surface area contributed by atoms with Crippen LogP contribution in [0.1, 0.15) is 56.6 Å². The zero-order chi connectivity index (χ0) is 14.9. The maximum atomic E-state index is 11.9. The highest BCUT2D eigenvalue weighted by Crippen LogP contribution is 2.47. The van der Waals surface area contributed by atoms with Gasteiger partial charge in [0.15, 0.2) is 0 Å². The fourth-order valence-corrected chi connectivity index (χ4v) is 3.54. The van der Waals surface area contributed by atoms with E-state index in [0.717, 1.165) is 24.0 Å². The molecule has 1 aliphatic rings. The van der Waals surface area contributed by atoms with Gasteiger partial charge in [-0.15, -0.1) is 0 Å². The van der Waals surface area contributed by atoms with Crippen LogP contribution < -0.4 is 4.74 Å². The molecule has 1 aromatic rings. The molecular weight excluding hydrogens is 276 g/mol. The lowest BCUT2D eigenvalue weighted by Crippen LogP contribution is -2.34. The number of halogens is 1. The van der Waals surface area contributed by atoms with Gasteiger partial charge in [-0.25, -0.2) is 0 Å². The molecule has 0 amide bonds. The lowest BCUT2D eigenvalue weighted by Gasteiger charge is -2.29. The number of aliphatic carboxylic acids is 1. The van der Waals surface area contributed by atoms with Crippen molar-refractivity contribution < 1.29 is 14.6 Å². The summed E-state index contributed by atoms with van der Waals surface area (Å²) in [6.07, 6.45) is 3.23. The zero-order valence-electron chi connectivity index (χ0n) is 12.2. The van der Waals surface area contributed by atoms with Gasteiger partial charge < -0.3 is 9.84 Å². The molecule has 110 valence electrons. The second-order valence-electron chi connectivity index (χ2n) is 5.82. The molecule has 0 aromatic heterocycles. The molecule has 1 aromatic carbocycles. The smallest absolute Gasteiger partial charge is 0.314 e. The molecule has 1 fully saturated rings. The van der Waals surface area contributed by atoms with Crippen molar-refractivity contribution in [2.75, 3.05) is 7.11 Å². The molecule has 0 saturated heterocycles. The monoisotopic (exact) mass is 296 g/mol. The highest BCUT2D eigenvalue weighted by atomic mass is 35.5. The lowest BCUT2D eigenvalue weighted by molar-refractivity contribution is -0.143. The van der Waals surface area contributed by atoms with E-state index < -0.39 is 11.4 Å². The van der Waals surface area contributed by atoms with E-state index in [1.54, 1.807) is 13.2 Å². The quantitative estimate of drug-likeness (QED) is 0.897. The number of carboxylic acids is 1. The summed E-state index contributed by atoms with van der Waals surface area (Å²) in [4.78, 5) is 11.9. The summed E-state index contributed by atoms with van der Waals surface area (Å²) < 4.78 is 5.44. The van der Waals surface area contributed by atoms with Gasteiger partial charge in [0.2, 0.25) is 0 Å². The van der Waals surface area contributed by atoms with Gasteiger partial charge in [0.25, 0.3) is 0 Å². The summed E-state index contributed by atoms with van der Waals surface area (Å²) in [5, 5.41) is 10.3. The normalized spacial score (nSPS) is 17.4. The van der Waals surface area contributed by atoms with Crippen LogP contribution in [0, 0.1) is 0 Å². The Bertz CT molecular complexity index is 517. The number of ether oxygens (including phenoxy) is 1. The fourth-order valence-electron chi connectivity index (χ4n) is 3.33. The molecular formula is C16H21ClO3. The molecule has 1 N–H and O–H groups in total. The number of rotatable bonds is 4. The molecule has 0 heterocycles. The summed E-state index contributed by atoms with van der Waals surface area (Å²) >= 11 is 6.18. The highest BCUT2D eigenvalue weighted by Gasteiger charge is 2.45. The number of hydrogen-bond donors (Lipinski definition) is 1. The van der Waals surface area contributed by atoms with Gasteiger partial charge in [0.05, 0.1) is 12.5 Å². The molecule has 1 saturated carbocycles. The van der Waals surface area contributed by atoms with Crippen molar-refractivity contribution in [2.45, 2.75) is 50.9 Å². The van der Waals surface area contributed by atoms with E-state index in [1.807, 2.05) is 6.07 Å². The van der Waals surface area contributed by atoms with Crippen molar-refractivity contribution in [3.8, 4) is 5.75 Å². The third kappa shape index (κ3) is 2.39. The fraction of sp³-hybridized carbons (Fsp3) is 0.562. The first kappa shape index (κ1) is 15.2. The molecule has 20 heavy (non-hydrogen) atoms. The van der Waals surface area contributed by atoms with E-state index >= 15 is 0 Å². The maximum absolute atomic E-state index is 11.9. The van der Waals surface area contributed by atoms with E-state index in [9.17, 15) is 9.90 Å². The average Bonchev–Trinajstić information content (AvgIpc) is 2.87. The largest absolute Gasteiger partial charge is 0.496 e. The molecule has 1 aliphatic carbocycles. The van der Waals surface area contributed by atoms with E-state index in [0.29, 0.717) is 23.6 Å². The van der Waals surface area contributed by atoms with Crippen molar-refractivity contribution >= 4 is 17.6 Å². The zero-order valence-corrected chi connectivity index (χ0v) is 13.0. The van der Waals surface area contributed by atoms with Crippen LogP contribution in [0.5, 0.6) is 5.75 Å².